The molecule has 1 aromatic heterocycles. The second kappa shape index (κ2) is 8.18. The van der Waals surface area contributed by atoms with E-state index < -0.39 is 18.5 Å². The fourth-order valence-corrected chi connectivity index (χ4v) is 2.97. The van der Waals surface area contributed by atoms with Crippen LogP contribution >= 0.6 is 0 Å². The molecular weight excluding hydrogens is 370 g/mol. The van der Waals surface area contributed by atoms with Crippen LogP contribution in [0.1, 0.15) is 27.2 Å². The van der Waals surface area contributed by atoms with E-state index in [0.29, 0.717) is 16.9 Å². The lowest BCUT2D eigenvalue weighted by Crippen LogP contribution is -2.25. The Labute approximate surface area is 168 Å². The molecular formula is C22H23N3O4. The van der Waals surface area contributed by atoms with Crippen molar-refractivity contribution in [2.75, 3.05) is 11.9 Å². The van der Waals surface area contributed by atoms with E-state index in [2.05, 4.69) is 5.32 Å². The zero-order valence-corrected chi connectivity index (χ0v) is 16.9. The predicted octanol–water partition coefficient (Wildman–Crippen LogP) is 2.90. The van der Waals surface area contributed by atoms with E-state index in [-0.39, 0.29) is 11.2 Å². The highest BCUT2D eigenvalue weighted by atomic mass is 16.5. The van der Waals surface area contributed by atoms with Crippen LogP contribution in [0.4, 0.5) is 5.69 Å². The summed E-state index contributed by atoms with van der Waals surface area (Å²) in [4.78, 5) is 37.3. The number of aromatic nitrogens is 2. The molecule has 0 saturated carbocycles. The number of amides is 1. The van der Waals surface area contributed by atoms with Crippen molar-refractivity contribution in [1.82, 2.24) is 9.36 Å². The van der Waals surface area contributed by atoms with E-state index >= 15 is 0 Å². The molecule has 0 spiro atoms. The number of nitrogens with one attached hydrogen (secondary N) is 1. The summed E-state index contributed by atoms with van der Waals surface area (Å²) in [6.07, 6.45) is 0. The number of esters is 1. The van der Waals surface area contributed by atoms with Crippen LogP contribution in [-0.2, 0) is 16.6 Å². The number of carbonyl (C=O) groups is 2. The van der Waals surface area contributed by atoms with Crippen molar-refractivity contribution in [3.05, 3.63) is 81.3 Å². The zero-order chi connectivity index (χ0) is 21.1. The van der Waals surface area contributed by atoms with E-state index in [0.717, 1.165) is 11.1 Å². The Kier molecular flexibility index (Phi) is 5.68. The monoisotopic (exact) mass is 393 g/mol. The van der Waals surface area contributed by atoms with Crippen LogP contribution in [0.5, 0.6) is 0 Å². The fourth-order valence-electron chi connectivity index (χ4n) is 2.97. The fraction of sp³-hybridized carbons (Fsp3) is 0.227. The van der Waals surface area contributed by atoms with Gasteiger partial charge in [-0.25, -0.2) is 9.48 Å². The number of benzene rings is 2. The smallest absolute Gasteiger partial charge is 0.338 e. The maximum Gasteiger partial charge on any atom is 0.338 e. The van der Waals surface area contributed by atoms with Crippen LogP contribution in [0.2, 0.25) is 0 Å². The summed E-state index contributed by atoms with van der Waals surface area (Å²) in [5.41, 5.74) is 3.48. The third-order valence-electron chi connectivity index (χ3n) is 4.90. The first-order chi connectivity index (χ1) is 13.8. The Hall–Kier alpha value is -3.61. The number of hydrogen-bond acceptors (Lipinski definition) is 4. The van der Waals surface area contributed by atoms with Gasteiger partial charge in [0, 0.05) is 7.05 Å². The maximum atomic E-state index is 12.8. The molecule has 1 heterocycles. The van der Waals surface area contributed by atoms with Gasteiger partial charge in [0.05, 0.1) is 16.9 Å². The molecule has 1 N–H and O–H groups in total. The van der Waals surface area contributed by atoms with E-state index in [4.69, 9.17) is 4.74 Å². The third kappa shape index (κ3) is 4.13. The van der Waals surface area contributed by atoms with Gasteiger partial charge in [-0.2, -0.15) is 0 Å². The molecule has 0 aliphatic rings. The van der Waals surface area contributed by atoms with E-state index in [1.54, 1.807) is 42.9 Å². The summed E-state index contributed by atoms with van der Waals surface area (Å²) in [5.74, 6) is -1.16. The van der Waals surface area contributed by atoms with E-state index in [9.17, 15) is 14.4 Å². The van der Waals surface area contributed by atoms with Crippen molar-refractivity contribution in [2.45, 2.75) is 20.8 Å². The van der Waals surface area contributed by atoms with Crippen LogP contribution < -0.4 is 10.9 Å². The summed E-state index contributed by atoms with van der Waals surface area (Å²) in [6.45, 7) is 5.10. The van der Waals surface area contributed by atoms with Crippen LogP contribution in [0, 0.1) is 20.8 Å². The van der Waals surface area contributed by atoms with E-state index in [1.807, 2.05) is 38.1 Å². The van der Waals surface area contributed by atoms with Gasteiger partial charge in [0.2, 0.25) is 0 Å². The summed E-state index contributed by atoms with van der Waals surface area (Å²) in [5, 5.41) is 2.57. The van der Waals surface area contributed by atoms with Crippen LogP contribution in [0.25, 0.3) is 5.69 Å². The van der Waals surface area contributed by atoms with Crippen LogP contribution in [0.15, 0.2) is 53.3 Å². The predicted molar refractivity (Wildman–Crippen MR) is 111 cm³/mol. The lowest BCUT2D eigenvalue weighted by Gasteiger charge is -2.07. The normalized spacial score (nSPS) is 10.6. The van der Waals surface area contributed by atoms with Crippen molar-refractivity contribution < 1.29 is 14.3 Å². The number of carbonyl (C=O) groups excluding carboxylic acids is 2. The molecule has 1 amide bonds. The second-order valence-corrected chi connectivity index (χ2v) is 6.86. The van der Waals surface area contributed by atoms with Gasteiger partial charge in [-0.3, -0.25) is 14.3 Å². The van der Waals surface area contributed by atoms with Gasteiger partial charge in [-0.1, -0.05) is 24.3 Å². The van der Waals surface area contributed by atoms with Crippen molar-refractivity contribution >= 4 is 17.6 Å². The topological polar surface area (TPSA) is 82.3 Å². The van der Waals surface area contributed by atoms with Gasteiger partial charge in [-0.15, -0.1) is 0 Å². The third-order valence-corrected chi connectivity index (χ3v) is 4.90. The highest BCUT2D eigenvalue weighted by Crippen LogP contribution is 2.14. The lowest BCUT2D eigenvalue weighted by molar-refractivity contribution is -0.119. The highest BCUT2D eigenvalue weighted by Gasteiger charge is 2.19. The number of ether oxygens (including phenoxy) is 1. The first kappa shape index (κ1) is 20.1. The molecule has 29 heavy (non-hydrogen) atoms. The van der Waals surface area contributed by atoms with Gasteiger partial charge < -0.3 is 10.1 Å². The number of para-hydroxylation sites is 1. The van der Waals surface area contributed by atoms with Crippen LogP contribution in [-0.4, -0.2) is 27.8 Å². The molecule has 0 aliphatic heterocycles. The van der Waals surface area contributed by atoms with Crippen molar-refractivity contribution in [2.24, 2.45) is 7.05 Å². The first-order valence-electron chi connectivity index (χ1n) is 9.18. The molecule has 150 valence electrons. The first-order valence-corrected chi connectivity index (χ1v) is 9.18. The molecule has 0 atom stereocenters. The molecule has 2 aromatic carbocycles. The van der Waals surface area contributed by atoms with Crippen molar-refractivity contribution in [3.8, 4) is 5.69 Å². The van der Waals surface area contributed by atoms with Crippen LogP contribution in [0.3, 0.4) is 0 Å². The lowest BCUT2D eigenvalue weighted by atomic mass is 10.1. The summed E-state index contributed by atoms with van der Waals surface area (Å²) in [6, 6.07) is 14.3. The molecule has 0 radical (unpaired) electrons. The average molecular weight is 393 g/mol. The molecule has 0 saturated heterocycles. The number of aryl methyl sites for hydroxylation is 2. The zero-order valence-electron chi connectivity index (χ0n) is 16.9. The van der Waals surface area contributed by atoms with Gasteiger partial charge >= 0.3 is 5.97 Å². The Morgan fingerprint density at radius 2 is 1.69 bits per heavy atom. The Bertz CT molecular complexity index is 1130. The second-order valence-electron chi connectivity index (χ2n) is 6.86. The molecule has 0 fully saturated rings. The minimum Gasteiger partial charge on any atom is -0.452 e. The minimum atomic E-state index is -0.588. The van der Waals surface area contributed by atoms with Crippen molar-refractivity contribution in [1.29, 1.82) is 0 Å². The molecule has 3 rings (SSSR count). The summed E-state index contributed by atoms with van der Waals surface area (Å²) in [7, 11) is 1.74. The SMILES string of the molecule is Cc1ccc(C(=O)OCC(=O)Nc2c(C)n(C)n(-c3ccccc3)c2=O)cc1C. The van der Waals surface area contributed by atoms with Crippen molar-refractivity contribution in [3.63, 3.8) is 0 Å². The summed E-state index contributed by atoms with van der Waals surface area (Å²) < 4.78 is 8.22. The number of rotatable bonds is 5. The quantitative estimate of drug-likeness (QED) is 0.676. The standard InChI is InChI=1S/C22H23N3O4/c1-14-10-11-17(12-15(14)2)22(28)29-13-19(26)23-20-16(3)24(4)25(21(20)27)18-8-6-5-7-9-18/h5-12H,13H2,1-4H3,(H,23,26). The number of hydrogen-bond donors (Lipinski definition) is 1. The number of anilines is 1. The molecule has 3 aromatic rings. The molecule has 7 nitrogen and oxygen atoms in total. The summed E-state index contributed by atoms with van der Waals surface area (Å²) >= 11 is 0. The molecule has 0 unspecified atom stereocenters. The van der Waals surface area contributed by atoms with Gasteiger partial charge in [0.1, 0.15) is 5.69 Å². The Morgan fingerprint density at radius 3 is 2.34 bits per heavy atom. The molecule has 0 aliphatic carbocycles. The van der Waals surface area contributed by atoms with Gasteiger partial charge in [0.15, 0.2) is 6.61 Å². The Morgan fingerprint density at radius 1 is 1.00 bits per heavy atom. The average Bonchev–Trinajstić information content (AvgIpc) is 2.92. The highest BCUT2D eigenvalue weighted by molar-refractivity contribution is 5.95. The van der Waals surface area contributed by atoms with Gasteiger partial charge in [0.25, 0.3) is 11.5 Å². The number of nitrogens with zero attached hydrogens (tertiary/aromatic N) is 2. The molecule has 7 heteroatoms. The maximum absolute atomic E-state index is 12.8. The minimum absolute atomic E-state index is 0.156. The largest absolute Gasteiger partial charge is 0.452 e. The van der Waals surface area contributed by atoms with Gasteiger partial charge in [-0.05, 0) is 56.2 Å². The molecule has 0 bridgehead atoms. The Balaban J connectivity index is 1.72. The van der Waals surface area contributed by atoms with E-state index in [1.165, 1.54) is 4.68 Å².